The Morgan fingerprint density at radius 2 is 1.59 bits per heavy atom. The summed E-state index contributed by atoms with van der Waals surface area (Å²) in [5, 5.41) is 9.99. The van der Waals surface area contributed by atoms with Crippen LogP contribution in [0.4, 0.5) is 0 Å². The van der Waals surface area contributed by atoms with Gasteiger partial charge in [0, 0.05) is 25.2 Å². The van der Waals surface area contributed by atoms with Gasteiger partial charge in [-0.15, -0.1) is 0 Å². The highest BCUT2D eigenvalue weighted by atomic mass is 16.5. The summed E-state index contributed by atoms with van der Waals surface area (Å²) in [5.41, 5.74) is 2.43. The van der Waals surface area contributed by atoms with E-state index in [-0.39, 0.29) is 18.6 Å². The van der Waals surface area contributed by atoms with Gasteiger partial charge in [-0.2, -0.15) is 0 Å². The third kappa shape index (κ3) is 7.77. The number of nitrogens with zero attached hydrogens (tertiary/aromatic N) is 1. The van der Waals surface area contributed by atoms with Gasteiger partial charge in [-0.1, -0.05) is 66.7 Å². The molecule has 0 aliphatic rings. The topological polar surface area (TPSA) is 49.8 Å². The maximum Gasteiger partial charge on any atom is 0.330 e. The molecule has 1 N–H and O–H groups in total. The van der Waals surface area contributed by atoms with Gasteiger partial charge in [0.05, 0.1) is 13.2 Å². The van der Waals surface area contributed by atoms with E-state index in [1.165, 1.54) is 17.2 Å². The van der Waals surface area contributed by atoms with Gasteiger partial charge in [-0.25, -0.2) is 4.79 Å². The fourth-order valence-corrected chi connectivity index (χ4v) is 3.00. The molecule has 0 radical (unpaired) electrons. The molecule has 0 aliphatic carbocycles. The van der Waals surface area contributed by atoms with Crippen LogP contribution in [0, 0.1) is 0 Å². The van der Waals surface area contributed by atoms with E-state index in [4.69, 9.17) is 4.74 Å². The van der Waals surface area contributed by atoms with Crippen LogP contribution >= 0.6 is 0 Å². The van der Waals surface area contributed by atoms with Crippen molar-refractivity contribution in [1.29, 1.82) is 0 Å². The van der Waals surface area contributed by atoms with Crippen LogP contribution in [0.15, 0.2) is 72.8 Å². The van der Waals surface area contributed by atoms with E-state index in [2.05, 4.69) is 29.2 Å². The first-order chi connectivity index (χ1) is 13.2. The maximum atomic E-state index is 11.4. The Morgan fingerprint density at radius 3 is 2.07 bits per heavy atom. The predicted octanol–water partition coefficient (Wildman–Crippen LogP) is 3.95. The standard InChI is InChI=1S/C23H29NO3/c1-2-27-23(26)16-10-9-15-22(19-25)24(17-20-11-5-3-6-12-20)18-21-13-7-4-8-14-21/h3-8,10-14,16,22,25H,2,9,15,17-19H2,1H3/t22-/m1/s1. The number of aliphatic hydroxyl groups is 1. The molecule has 0 aliphatic heterocycles. The van der Waals surface area contributed by atoms with Crippen LogP contribution in [-0.4, -0.2) is 35.2 Å². The molecule has 4 heteroatoms. The lowest BCUT2D eigenvalue weighted by atomic mass is 10.1. The summed E-state index contributed by atoms with van der Waals surface area (Å²) in [6.07, 6.45) is 4.77. The van der Waals surface area contributed by atoms with Gasteiger partial charge in [0.15, 0.2) is 0 Å². The molecule has 0 spiro atoms. The van der Waals surface area contributed by atoms with E-state index < -0.39 is 0 Å². The van der Waals surface area contributed by atoms with Crippen molar-refractivity contribution in [2.45, 2.75) is 38.9 Å². The highest BCUT2D eigenvalue weighted by molar-refractivity contribution is 5.81. The number of rotatable bonds is 11. The zero-order valence-corrected chi connectivity index (χ0v) is 16.0. The number of ether oxygens (including phenoxy) is 1. The van der Waals surface area contributed by atoms with E-state index in [0.29, 0.717) is 13.0 Å². The molecule has 0 saturated heterocycles. The minimum absolute atomic E-state index is 0.0113. The smallest absolute Gasteiger partial charge is 0.330 e. The van der Waals surface area contributed by atoms with Gasteiger partial charge in [0.25, 0.3) is 0 Å². The number of benzene rings is 2. The summed E-state index contributed by atoms with van der Waals surface area (Å²) in [4.78, 5) is 13.7. The molecule has 0 bridgehead atoms. The summed E-state index contributed by atoms with van der Waals surface area (Å²) in [7, 11) is 0. The first-order valence-electron chi connectivity index (χ1n) is 9.49. The highest BCUT2D eigenvalue weighted by Gasteiger charge is 2.18. The van der Waals surface area contributed by atoms with Gasteiger partial charge in [-0.3, -0.25) is 4.90 Å². The van der Waals surface area contributed by atoms with Crippen molar-refractivity contribution in [2.75, 3.05) is 13.2 Å². The monoisotopic (exact) mass is 367 g/mol. The average molecular weight is 367 g/mol. The number of aliphatic hydroxyl groups excluding tert-OH is 1. The maximum absolute atomic E-state index is 11.4. The number of hydrogen-bond acceptors (Lipinski definition) is 4. The zero-order valence-electron chi connectivity index (χ0n) is 16.0. The highest BCUT2D eigenvalue weighted by Crippen LogP contribution is 2.16. The second-order valence-electron chi connectivity index (χ2n) is 6.44. The molecule has 144 valence electrons. The Hall–Kier alpha value is -2.43. The molecule has 0 fully saturated rings. The summed E-state index contributed by atoms with van der Waals surface area (Å²) < 4.78 is 4.90. The molecule has 1 atom stereocenters. The molecule has 0 saturated carbocycles. The van der Waals surface area contributed by atoms with Crippen molar-refractivity contribution in [1.82, 2.24) is 4.90 Å². The molecule has 0 amide bonds. The second-order valence-corrected chi connectivity index (χ2v) is 6.44. The Balaban J connectivity index is 2.03. The van der Waals surface area contributed by atoms with Gasteiger partial charge < -0.3 is 9.84 Å². The Labute approximate surface area is 162 Å². The third-order valence-electron chi connectivity index (χ3n) is 4.39. The van der Waals surface area contributed by atoms with E-state index in [1.807, 2.05) is 42.5 Å². The minimum Gasteiger partial charge on any atom is -0.463 e. The van der Waals surface area contributed by atoms with Crippen molar-refractivity contribution in [3.05, 3.63) is 83.9 Å². The summed E-state index contributed by atoms with van der Waals surface area (Å²) in [6, 6.07) is 20.6. The van der Waals surface area contributed by atoms with Crippen LogP contribution < -0.4 is 0 Å². The summed E-state index contributed by atoms with van der Waals surface area (Å²) in [6.45, 7) is 3.78. The molecule has 27 heavy (non-hydrogen) atoms. The number of carbonyl (C=O) groups excluding carboxylic acids is 1. The predicted molar refractivity (Wildman–Crippen MR) is 108 cm³/mol. The van der Waals surface area contributed by atoms with Gasteiger partial charge >= 0.3 is 5.97 Å². The third-order valence-corrected chi connectivity index (χ3v) is 4.39. The molecule has 0 heterocycles. The first kappa shape index (κ1) is 20.9. The molecular formula is C23H29NO3. The fraction of sp³-hybridized carbons (Fsp3) is 0.348. The van der Waals surface area contributed by atoms with Crippen LogP contribution in [0.25, 0.3) is 0 Å². The molecule has 4 nitrogen and oxygen atoms in total. The van der Waals surface area contributed by atoms with E-state index in [1.54, 1.807) is 6.92 Å². The first-order valence-corrected chi connectivity index (χ1v) is 9.49. The zero-order chi connectivity index (χ0) is 19.3. The van der Waals surface area contributed by atoms with Crippen LogP contribution in [-0.2, 0) is 22.6 Å². The van der Waals surface area contributed by atoms with Crippen molar-refractivity contribution in [2.24, 2.45) is 0 Å². The lowest BCUT2D eigenvalue weighted by Gasteiger charge is -2.30. The molecule has 2 rings (SSSR count). The van der Waals surface area contributed by atoms with E-state index in [9.17, 15) is 9.90 Å². The van der Waals surface area contributed by atoms with Gasteiger partial charge in [-0.05, 0) is 30.9 Å². The summed E-state index contributed by atoms with van der Waals surface area (Å²) >= 11 is 0. The van der Waals surface area contributed by atoms with Crippen molar-refractivity contribution < 1.29 is 14.6 Å². The molecular weight excluding hydrogens is 338 g/mol. The molecule has 2 aromatic rings. The Bertz CT molecular complexity index is 644. The largest absolute Gasteiger partial charge is 0.463 e. The molecule has 0 aromatic heterocycles. The van der Waals surface area contributed by atoms with Crippen molar-refractivity contribution >= 4 is 5.97 Å². The SMILES string of the molecule is CCOC(=O)C=CCC[C@H](CO)N(Cc1ccccc1)Cc1ccccc1. The van der Waals surface area contributed by atoms with Crippen LogP contribution in [0.2, 0.25) is 0 Å². The lowest BCUT2D eigenvalue weighted by molar-refractivity contribution is -0.137. The van der Waals surface area contributed by atoms with Crippen LogP contribution in [0.3, 0.4) is 0 Å². The number of esters is 1. The van der Waals surface area contributed by atoms with E-state index in [0.717, 1.165) is 19.5 Å². The Kier molecular flexibility index (Phi) is 9.31. The quantitative estimate of drug-likeness (QED) is 0.483. The minimum atomic E-state index is -0.316. The number of carbonyl (C=O) groups is 1. The van der Waals surface area contributed by atoms with Crippen molar-refractivity contribution in [3.8, 4) is 0 Å². The van der Waals surface area contributed by atoms with Crippen molar-refractivity contribution in [3.63, 3.8) is 0 Å². The van der Waals surface area contributed by atoms with Crippen LogP contribution in [0.1, 0.15) is 30.9 Å². The number of allylic oxidation sites excluding steroid dienone is 1. The van der Waals surface area contributed by atoms with E-state index >= 15 is 0 Å². The normalized spacial score (nSPS) is 12.4. The Morgan fingerprint density at radius 1 is 1.04 bits per heavy atom. The number of hydrogen-bond donors (Lipinski definition) is 1. The van der Waals surface area contributed by atoms with Gasteiger partial charge in [0.1, 0.15) is 0 Å². The molecule has 0 unspecified atom stereocenters. The second kappa shape index (κ2) is 12.0. The summed E-state index contributed by atoms with van der Waals surface area (Å²) in [5.74, 6) is -0.316. The fourth-order valence-electron chi connectivity index (χ4n) is 3.00. The van der Waals surface area contributed by atoms with Gasteiger partial charge in [0.2, 0.25) is 0 Å². The average Bonchev–Trinajstić information content (AvgIpc) is 2.69. The van der Waals surface area contributed by atoms with Crippen LogP contribution in [0.5, 0.6) is 0 Å². The lowest BCUT2D eigenvalue weighted by Crippen LogP contribution is -2.37. The molecule has 2 aromatic carbocycles.